The number of nitrogens with two attached hydrogens (primary N) is 1. The van der Waals surface area contributed by atoms with Crippen molar-refractivity contribution in [2.45, 2.75) is 26.3 Å². The molecule has 19 heavy (non-hydrogen) atoms. The summed E-state index contributed by atoms with van der Waals surface area (Å²) in [4.78, 5) is 13.7. The normalized spacial score (nSPS) is 12.3. The molecule has 0 aliphatic heterocycles. The third-order valence-electron chi connectivity index (χ3n) is 3.24. The Morgan fingerprint density at radius 1 is 1.37 bits per heavy atom. The standard InChI is InChI=1S/C15H24N2O2/c1-11-5-6-13(7-12(11)2)8-15(18)17(3)9-14(16)10-19-4/h5-7,14H,8-10,16H2,1-4H3. The Morgan fingerprint density at radius 3 is 2.63 bits per heavy atom. The Morgan fingerprint density at radius 2 is 2.05 bits per heavy atom. The average Bonchev–Trinajstić information content (AvgIpc) is 2.34. The van der Waals surface area contributed by atoms with Gasteiger partial charge in [0.2, 0.25) is 5.91 Å². The number of hydrogen-bond donors (Lipinski definition) is 1. The van der Waals surface area contributed by atoms with E-state index in [0.29, 0.717) is 19.6 Å². The van der Waals surface area contributed by atoms with Crippen molar-refractivity contribution >= 4 is 5.91 Å². The molecule has 0 saturated heterocycles. The second kappa shape index (κ2) is 7.26. The molecule has 1 aromatic carbocycles. The molecule has 1 atom stereocenters. The maximum atomic E-state index is 12.1. The molecule has 2 N–H and O–H groups in total. The van der Waals surface area contributed by atoms with E-state index in [0.717, 1.165) is 5.56 Å². The Labute approximate surface area is 115 Å². The fourth-order valence-electron chi connectivity index (χ4n) is 1.94. The summed E-state index contributed by atoms with van der Waals surface area (Å²) < 4.78 is 4.97. The summed E-state index contributed by atoms with van der Waals surface area (Å²) in [6, 6.07) is 5.98. The lowest BCUT2D eigenvalue weighted by molar-refractivity contribution is -0.129. The van der Waals surface area contributed by atoms with Crippen molar-refractivity contribution in [2.24, 2.45) is 5.73 Å². The molecule has 1 rings (SSSR count). The van der Waals surface area contributed by atoms with Gasteiger partial charge in [-0.05, 0) is 30.5 Å². The van der Waals surface area contributed by atoms with Gasteiger partial charge in [-0.2, -0.15) is 0 Å². The molecule has 0 spiro atoms. The number of likely N-dealkylation sites (N-methyl/N-ethyl adjacent to an activating group) is 1. The van der Waals surface area contributed by atoms with Gasteiger partial charge in [-0.3, -0.25) is 4.79 Å². The zero-order chi connectivity index (χ0) is 14.4. The fraction of sp³-hybridized carbons (Fsp3) is 0.533. The number of nitrogens with zero attached hydrogens (tertiary/aromatic N) is 1. The zero-order valence-electron chi connectivity index (χ0n) is 12.3. The highest BCUT2D eigenvalue weighted by molar-refractivity contribution is 5.78. The summed E-state index contributed by atoms with van der Waals surface area (Å²) in [5, 5.41) is 0. The highest BCUT2D eigenvalue weighted by Crippen LogP contribution is 2.11. The number of amides is 1. The van der Waals surface area contributed by atoms with Gasteiger partial charge in [0.1, 0.15) is 0 Å². The average molecular weight is 264 g/mol. The van der Waals surface area contributed by atoms with E-state index in [1.165, 1.54) is 11.1 Å². The van der Waals surface area contributed by atoms with Crippen LogP contribution < -0.4 is 5.73 Å². The third kappa shape index (κ3) is 5.01. The first-order valence-corrected chi connectivity index (χ1v) is 6.48. The molecule has 0 saturated carbocycles. The molecule has 106 valence electrons. The first-order chi connectivity index (χ1) is 8.93. The Hall–Kier alpha value is -1.39. The molecule has 0 aliphatic rings. The van der Waals surface area contributed by atoms with Crippen LogP contribution in [0, 0.1) is 13.8 Å². The predicted octanol–water partition coefficient (Wildman–Crippen LogP) is 1.28. The SMILES string of the molecule is COCC(N)CN(C)C(=O)Cc1ccc(C)c(C)c1. The van der Waals surface area contributed by atoms with E-state index in [1.54, 1.807) is 19.1 Å². The maximum absolute atomic E-state index is 12.1. The molecule has 0 radical (unpaired) electrons. The van der Waals surface area contributed by atoms with E-state index < -0.39 is 0 Å². The molecule has 0 aromatic heterocycles. The molecule has 0 heterocycles. The first-order valence-electron chi connectivity index (χ1n) is 6.48. The maximum Gasteiger partial charge on any atom is 0.226 e. The van der Waals surface area contributed by atoms with Gasteiger partial charge in [-0.15, -0.1) is 0 Å². The number of methoxy groups -OCH3 is 1. The summed E-state index contributed by atoms with van der Waals surface area (Å²) in [7, 11) is 3.38. The number of benzene rings is 1. The lowest BCUT2D eigenvalue weighted by Gasteiger charge is -2.21. The molecule has 1 amide bonds. The number of hydrogen-bond acceptors (Lipinski definition) is 3. The van der Waals surface area contributed by atoms with Crippen molar-refractivity contribution in [3.63, 3.8) is 0 Å². The zero-order valence-corrected chi connectivity index (χ0v) is 12.3. The van der Waals surface area contributed by atoms with Crippen molar-refractivity contribution < 1.29 is 9.53 Å². The van der Waals surface area contributed by atoms with Crippen LogP contribution in [0.15, 0.2) is 18.2 Å². The Balaban J connectivity index is 2.56. The number of ether oxygens (including phenoxy) is 1. The molecule has 1 unspecified atom stereocenters. The van der Waals surface area contributed by atoms with Gasteiger partial charge in [0.15, 0.2) is 0 Å². The summed E-state index contributed by atoms with van der Waals surface area (Å²) in [5.41, 5.74) is 9.34. The summed E-state index contributed by atoms with van der Waals surface area (Å²) in [6.45, 7) is 5.09. The molecule has 0 aliphatic carbocycles. The van der Waals surface area contributed by atoms with Gasteiger partial charge >= 0.3 is 0 Å². The molecule has 4 nitrogen and oxygen atoms in total. The van der Waals surface area contributed by atoms with E-state index >= 15 is 0 Å². The Kier molecular flexibility index (Phi) is 5.99. The van der Waals surface area contributed by atoms with Crippen LogP contribution in [-0.2, 0) is 16.0 Å². The number of carbonyl (C=O) groups is 1. The van der Waals surface area contributed by atoms with Gasteiger partial charge in [0.05, 0.1) is 13.0 Å². The van der Waals surface area contributed by atoms with Gasteiger partial charge in [0.25, 0.3) is 0 Å². The second-order valence-electron chi connectivity index (χ2n) is 5.09. The molecular weight excluding hydrogens is 240 g/mol. The smallest absolute Gasteiger partial charge is 0.226 e. The molecular formula is C15H24N2O2. The molecule has 0 bridgehead atoms. The summed E-state index contributed by atoms with van der Waals surface area (Å²) >= 11 is 0. The molecule has 4 heteroatoms. The quantitative estimate of drug-likeness (QED) is 0.842. The predicted molar refractivity (Wildman–Crippen MR) is 77.1 cm³/mol. The number of aryl methyl sites for hydroxylation is 2. The van der Waals surface area contributed by atoms with Crippen LogP contribution in [0.3, 0.4) is 0 Å². The largest absolute Gasteiger partial charge is 0.383 e. The summed E-state index contributed by atoms with van der Waals surface area (Å²) in [5.74, 6) is 0.0785. The monoisotopic (exact) mass is 264 g/mol. The van der Waals surface area contributed by atoms with Crippen LogP contribution in [0.5, 0.6) is 0 Å². The van der Waals surface area contributed by atoms with E-state index in [-0.39, 0.29) is 11.9 Å². The molecule has 0 fully saturated rings. The van der Waals surface area contributed by atoms with Crippen molar-refractivity contribution in [3.05, 3.63) is 34.9 Å². The van der Waals surface area contributed by atoms with E-state index in [9.17, 15) is 4.79 Å². The minimum Gasteiger partial charge on any atom is -0.383 e. The molecule has 1 aromatic rings. The second-order valence-corrected chi connectivity index (χ2v) is 5.09. The van der Waals surface area contributed by atoms with Gasteiger partial charge in [-0.25, -0.2) is 0 Å². The minimum absolute atomic E-state index is 0.0785. The van der Waals surface area contributed by atoms with Crippen LogP contribution in [0.2, 0.25) is 0 Å². The Bertz CT molecular complexity index is 432. The van der Waals surface area contributed by atoms with Gasteiger partial charge in [0, 0.05) is 26.7 Å². The van der Waals surface area contributed by atoms with E-state index in [1.807, 2.05) is 6.07 Å². The van der Waals surface area contributed by atoms with Gasteiger partial charge in [-0.1, -0.05) is 18.2 Å². The third-order valence-corrected chi connectivity index (χ3v) is 3.24. The van der Waals surface area contributed by atoms with Crippen molar-refractivity contribution in [1.82, 2.24) is 4.90 Å². The van der Waals surface area contributed by atoms with Crippen LogP contribution in [0.1, 0.15) is 16.7 Å². The highest BCUT2D eigenvalue weighted by Gasteiger charge is 2.13. The van der Waals surface area contributed by atoms with Gasteiger partial charge < -0.3 is 15.4 Å². The number of rotatable bonds is 6. The lowest BCUT2D eigenvalue weighted by Crippen LogP contribution is -2.41. The van der Waals surface area contributed by atoms with Crippen LogP contribution in [0.25, 0.3) is 0 Å². The minimum atomic E-state index is -0.140. The van der Waals surface area contributed by atoms with E-state index in [4.69, 9.17) is 10.5 Å². The van der Waals surface area contributed by atoms with E-state index in [2.05, 4.69) is 26.0 Å². The van der Waals surface area contributed by atoms with Crippen LogP contribution >= 0.6 is 0 Å². The van der Waals surface area contributed by atoms with Crippen LogP contribution in [-0.4, -0.2) is 44.2 Å². The number of carbonyl (C=O) groups excluding carboxylic acids is 1. The van der Waals surface area contributed by atoms with Crippen LogP contribution in [0.4, 0.5) is 0 Å². The van der Waals surface area contributed by atoms with Crippen molar-refractivity contribution in [3.8, 4) is 0 Å². The topological polar surface area (TPSA) is 55.6 Å². The fourth-order valence-corrected chi connectivity index (χ4v) is 1.94. The van der Waals surface area contributed by atoms with Crippen molar-refractivity contribution in [2.75, 3.05) is 27.3 Å². The lowest BCUT2D eigenvalue weighted by atomic mass is 10.0. The summed E-state index contributed by atoms with van der Waals surface area (Å²) in [6.07, 6.45) is 0.414. The highest BCUT2D eigenvalue weighted by atomic mass is 16.5. The van der Waals surface area contributed by atoms with Crippen molar-refractivity contribution in [1.29, 1.82) is 0 Å². The first kappa shape index (κ1) is 15.7.